The van der Waals surface area contributed by atoms with Crippen molar-refractivity contribution in [2.24, 2.45) is 0 Å². The SMILES string of the molecule is C=C(C(=O)OC)C(NC(=O)OCc1ccccc1)c1ccc(Cl)cc1. The lowest BCUT2D eigenvalue weighted by Crippen LogP contribution is -2.32. The largest absolute Gasteiger partial charge is 0.466 e. The molecule has 0 aliphatic rings. The molecule has 0 spiro atoms. The molecule has 0 aliphatic carbocycles. The van der Waals surface area contributed by atoms with Gasteiger partial charge in [-0.25, -0.2) is 9.59 Å². The number of methoxy groups -OCH3 is 1. The average molecular weight is 360 g/mol. The van der Waals surface area contributed by atoms with Crippen LogP contribution in [0.4, 0.5) is 4.79 Å². The van der Waals surface area contributed by atoms with E-state index in [1.54, 1.807) is 24.3 Å². The Balaban J connectivity index is 2.09. The Morgan fingerprint density at radius 3 is 2.36 bits per heavy atom. The second-order valence-electron chi connectivity index (χ2n) is 5.21. The van der Waals surface area contributed by atoms with Crippen LogP contribution in [0.3, 0.4) is 0 Å². The van der Waals surface area contributed by atoms with E-state index in [1.807, 2.05) is 30.3 Å². The van der Waals surface area contributed by atoms with Gasteiger partial charge in [-0.1, -0.05) is 60.6 Å². The van der Waals surface area contributed by atoms with Crippen LogP contribution < -0.4 is 5.32 Å². The predicted octanol–water partition coefficient (Wildman–Crippen LogP) is 4.04. The Morgan fingerprint density at radius 1 is 1.12 bits per heavy atom. The van der Waals surface area contributed by atoms with Gasteiger partial charge in [-0.3, -0.25) is 0 Å². The van der Waals surface area contributed by atoms with Gasteiger partial charge in [0.1, 0.15) is 6.61 Å². The molecule has 5 nitrogen and oxygen atoms in total. The van der Waals surface area contributed by atoms with E-state index < -0.39 is 18.1 Å². The summed E-state index contributed by atoms with van der Waals surface area (Å²) in [7, 11) is 1.25. The number of halogens is 1. The van der Waals surface area contributed by atoms with Crippen molar-refractivity contribution >= 4 is 23.7 Å². The fourth-order valence-electron chi connectivity index (χ4n) is 2.16. The number of carbonyl (C=O) groups is 2. The maximum absolute atomic E-state index is 12.1. The van der Waals surface area contributed by atoms with E-state index in [0.29, 0.717) is 10.6 Å². The summed E-state index contributed by atoms with van der Waals surface area (Å²) in [4.78, 5) is 23.9. The standard InChI is InChI=1S/C19H18ClNO4/c1-13(18(22)24-2)17(15-8-10-16(20)11-9-15)21-19(23)25-12-14-6-4-3-5-7-14/h3-11,17H,1,12H2,2H3,(H,21,23). The minimum Gasteiger partial charge on any atom is -0.466 e. The van der Waals surface area contributed by atoms with Crippen LogP contribution in [-0.2, 0) is 20.9 Å². The average Bonchev–Trinajstić information content (AvgIpc) is 2.65. The molecule has 1 atom stereocenters. The molecule has 2 aromatic rings. The Labute approximate surface area is 151 Å². The van der Waals surface area contributed by atoms with Crippen LogP contribution in [0.15, 0.2) is 66.7 Å². The molecule has 2 rings (SSSR count). The summed E-state index contributed by atoms with van der Waals surface area (Å²) in [5.41, 5.74) is 1.57. The summed E-state index contributed by atoms with van der Waals surface area (Å²) in [6.07, 6.45) is -0.672. The molecule has 1 N–H and O–H groups in total. The van der Waals surface area contributed by atoms with Gasteiger partial charge >= 0.3 is 12.1 Å². The van der Waals surface area contributed by atoms with E-state index in [2.05, 4.69) is 11.9 Å². The maximum Gasteiger partial charge on any atom is 0.408 e. The molecule has 0 heterocycles. The van der Waals surface area contributed by atoms with Gasteiger partial charge in [0.2, 0.25) is 0 Å². The van der Waals surface area contributed by atoms with E-state index in [1.165, 1.54) is 7.11 Å². The predicted molar refractivity (Wildman–Crippen MR) is 95.1 cm³/mol. The van der Waals surface area contributed by atoms with Gasteiger partial charge in [0.05, 0.1) is 18.7 Å². The molecule has 1 unspecified atom stereocenters. The van der Waals surface area contributed by atoms with Crippen LogP contribution in [0.5, 0.6) is 0 Å². The molecule has 0 aliphatic heterocycles. The van der Waals surface area contributed by atoms with E-state index in [-0.39, 0.29) is 12.2 Å². The zero-order chi connectivity index (χ0) is 18.2. The number of carbonyl (C=O) groups excluding carboxylic acids is 2. The summed E-state index contributed by atoms with van der Waals surface area (Å²) in [5, 5.41) is 3.17. The Bertz CT molecular complexity index is 744. The summed E-state index contributed by atoms with van der Waals surface area (Å²) >= 11 is 5.88. The van der Waals surface area contributed by atoms with Crippen molar-refractivity contribution in [2.45, 2.75) is 12.6 Å². The molecular weight excluding hydrogens is 342 g/mol. The molecule has 6 heteroatoms. The number of benzene rings is 2. The third kappa shape index (κ3) is 5.36. The number of esters is 1. The first-order chi connectivity index (χ1) is 12.0. The van der Waals surface area contributed by atoms with E-state index in [9.17, 15) is 9.59 Å². The van der Waals surface area contributed by atoms with Gasteiger partial charge in [0.15, 0.2) is 0 Å². The number of hydrogen-bond acceptors (Lipinski definition) is 4. The quantitative estimate of drug-likeness (QED) is 0.624. The van der Waals surface area contributed by atoms with Crippen molar-refractivity contribution in [1.82, 2.24) is 5.32 Å². The van der Waals surface area contributed by atoms with Crippen molar-refractivity contribution in [3.05, 3.63) is 82.9 Å². The lowest BCUT2D eigenvalue weighted by molar-refractivity contribution is -0.136. The number of ether oxygens (including phenoxy) is 2. The van der Waals surface area contributed by atoms with Crippen LogP contribution in [0.2, 0.25) is 5.02 Å². The topological polar surface area (TPSA) is 64.6 Å². The van der Waals surface area contributed by atoms with E-state index in [0.717, 1.165) is 5.56 Å². The fourth-order valence-corrected chi connectivity index (χ4v) is 2.28. The third-order valence-corrected chi connectivity index (χ3v) is 3.73. The molecule has 2 aromatic carbocycles. The van der Waals surface area contributed by atoms with Crippen LogP contribution in [0.1, 0.15) is 17.2 Å². The van der Waals surface area contributed by atoms with Crippen LogP contribution in [0, 0.1) is 0 Å². The second-order valence-corrected chi connectivity index (χ2v) is 5.64. The van der Waals surface area contributed by atoms with Crippen molar-refractivity contribution in [3.63, 3.8) is 0 Å². The highest BCUT2D eigenvalue weighted by atomic mass is 35.5. The Morgan fingerprint density at radius 2 is 1.76 bits per heavy atom. The molecule has 25 heavy (non-hydrogen) atoms. The molecule has 0 aromatic heterocycles. The summed E-state index contributed by atoms with van der Waals surface area (Å²) < 4.78 is 9.89. The normalized spacial score (nSPS) is 11.3. The highest BCUT2D eigenvalue weighted by Gasteiger charge is 2.24. The van der Waals surface area contributed by atoms with Crippen molar-refractivity contribution in [2.75, 3.05) is 7.11 Å². The Hall–Kier alpha value is -2.79. The number of amides is 1. The van der Waals surface area contributed by atoms with Crippen molar-refractivity contribution in [3.8, 4) is 0 Å². The molecule has 1 amide bonds. The zero-order valence-electron chi connectivity index (χ0n) is 13.7. The van der Waals surface area contributed by atoms with Gasteiger partial charge in [-0.05, 0) is 23.3 Å². The molecule has 0 bridgehead atoms. The highest BCUT2D eigenvalue weighted by molar-refractivity contribution is 6.30. The molecular formula is C19H18ClNO4. The van der Waals surface area contributed by atoms with Gasteiger partial charge in [-0.2, -0.15) is 0 Å². The van der Waals surface area contributed by atoms with Crippen molar-refractivity contribution < 1.29 is 19.1 Å². The third-order valence-electron chi connectivity index (χ3n) is 3.47. The minimum absolute atomic E-state index is 0.0847. The smallest absolute Gasteiger partial charge is 0.408 e. The van der Waals surface area contributed by atoms with Crippen LogP contribution in [-0.4, -0.2) is 19.2 Å². The van der Waals surface area contributed by atoms with Crippen LogP contribution >= 0.6 is 11.6 Å². The zero-order valence-corrected chi connectivity index (χ0v) is 14.5. The first-order valence-corrected chi connectivity index (χ1v) is 7.89. The lowest BCUT2D eigenvalue weighted by Gasteiger charge is -2.20. The first-order valence-electron chi connectivity index (χ1n) is 7.51. The Kier molecular flexibility index (Phi) is 6.60. The highest BCUT2D eigenvalue weighted by Crippen LogP contribution is 2.23. The molecule has 130 valence electrons. The molecule has 0 saturated heterocycles. The van der Waals surface area contributed by atoms with E-state index in [4.69, 9.17) is 21.1 Å². The number of alkyl carbamates (subject to hydrolysis) is 1. The summed E-state index contributed by atoms with van der Waals surface area (Å²) in [6.45, 7) is 3.83. The monoisotopic (exact) mass is 359 g/mol. The lowest BCUT2D eigenvalue weighted by atomic mass is 10.00. The van der Waals surface area contributed by atoms with Gasteiger partial charge in [0, 0.05) is 5.02 Å². The fraction of sp³-hybridized carbons (Fsp3) is 0.158. The van der Waals surface area contributed by atoms with Gasteiger partial charge in [-0.15, -0.1) is 0 Å². The summed E-state index contributed by atoms with van der Waals surface area (Å²) in [5.74, 6) is -0.622. The van der Waals surface area contributed by atoms with E-state index >= 15 is 0 Å². The van der Waals surface area contributed by atoms with Gasteiger partial charge < -0.3 is 14.8 Å². The summed E-state index contributed by atoms with van der Waals surface area (Å²) in [6, 6.07) is 15.2. The number of rotatable bonds is 6. The minimum atomic E-state index is -0.784. The first kappa shape index (κ1) is 18.5. The molecule has 0 radical (unpaired) electrons. The van der Waals surface area contributed by atoms with Gasteiger partial charge in [0.25, 0.3) is 0 Å². The maximum atomic E-state index is 12.1. The number of nitrogens with one attached hydrogen (secondary N) is 1. The molecule has 0 fully saturated rings. The second kappa shape index (κ2) is 8.89. The molecule has 0 saturated carbocycles. The number of hydrogen-bond donors (Lipinski definition) is 1. The van der Waals surface area contributed by atoms with Crippen molar-refractivity contribution in [1.29, 1.82) is 0 Å². The van der Waals surface area contributed by atoms with Crippen LogP contribution in [0.25, 0.3) is 0 Å².